The molecule has 12 heavy (non-hydrogen) atoms. The molecule has 0 aliphatic heterocycles. The van der Waals surface area contributed by atoms with Gasteiger partial charge in [0.15, 0.2) is 6.29 Å². The van der Waals surface area contributed by atoms with Gasteiger partial charge in [0.1, 0.15) is 5.78 Å². The first kappa shape index (κ1) is 9.68. The first-order valence-electron chi connectivity index (χ1n) is 4.27. The molecule has 0 aromatic carbocycles. The number of hydrogen-bond acceptors (Lipinski definition) is 3. The molecule has 2 unspecified atom stereocenters. The molecular weight excluding hydrogens is 156 g/mol. The Morgan fingerprint density at radius 3 is 2.33 bits per heavy atom. The molecule has 0 amide bonds. The molecule has 0 radical (unpaired) electrons. The monoisotopic (exact) mass is 172 g/mol. The lowest BCUT2D eigenvalue weighted by Crippen LogP contribution is -2.19. The lowest BCUT2D eigenvalue weighted by atomic mass is 10.1. The van der Waals surface area contributed by atoms with E-state index in [2.05, 4.69) is 6.92 Å². The second-order valence-corrected chi connectivity index (χ2v) is 3.39. The third-order valence-electron chi connectivity index (χ3n) is 2.42. The average Bonchev–Trinajstić information content (AvgIpc) is 2.78. The fourth-order valence-electron chi connectivity index (χ4n) is 1.35. The molecule has 3 nitrogen and oxygen atoms in total. The van der Waals surface area contributed by atoms with Crippen molar-refractivity contribution in [2.75, 3.05) is 14.2 Å². The van der Waals surface area contributed by atoms with Gasteiger partial charge < -0.3 is 9.47 Å². The molecule has 0 saturated heterocycles. The summed E-state index contributed by atoms with van der Waals surface area (Å²) >= 11 is 0. The summed E-state index contributed by atoms with van der Waals surface area (Å²) in [5, 5.41) is 0. The second-order valence-electron chi connectivity index (χ2n) is 3.39. The van der Waals surface area contributed by atoms with Crippen LogP contribution >= 0.6 is 0 Å². The number of methoxy groups -OCH3 is 2. The van der Waals surface area contributed by atoms with Crippen LogP contribution in [-0.4, -0.2) is 26.3 Å². The number of Topliss-reactive ketones (excluding diaryl/α,β-unsaturated/α-hetero) is 1. The van der Waals surface area contributed by atoms with E-state index in [1.54, 1.807) is 14.2 Å². The highest BCUT2D eigenvalue weighted by atomic mass is 16.7. The lowest BCUT2D eigenvalue weighted by Gasteiger charge is -2.11. The van der Waals surface area contributed by atoms with E-state index >= 15 is 0 Å². The topological polar surface area (TPSA) is 35.5 Å². The highest BCUT2D eigenvalue weighted by molar-refractivity contribution is 5.83. The van der Waals surface area contributed by atoms with E-state index in [4.69, 9.17) is 9.47 Å². The van der Waals surface area contributed by atoms with Crippen LogP contribution in [-0.2, 0) is 14.3 Å². The summed E-state index contributed by atoms with van der Waals surface area (Å²) in [5.74, 6) is 1.13. The molecule has 3 heteroatoms. The van der Waals surface area contributed by atoms with E-state index in [0.717, 1.165) is 6.42 Å². The minimum absolute atomic E-state index is 0.274. The number of ether oxygens (including phenoxy) is 2. The van der Waals surface area contributed by atoms with Crippen molar-refractivity contribution in [1.82, 2.24) is 0 Å². The van der Waals surface area contributed by atoms with Gasteiger partial charge in [-0.3, -0.25) is 4.79 Å². The molecule has 0 N–H and O–H groups in total. The summed E-state index contributed by atoms with van der Waals surface area (Å²) in [5.41, 5.74) is 0. The molecule has 0 aromatic heterocycles. The zero-order chi connectivity index (χ0) is 9.14. The molecule has 70 valence electrons. The Kier molecular flexibility index (Phi) is 3.23. The Morgan fingerprint density at radius 1 is 1.50 bits per heavy atom. The summed E-state index contributed by atoms with van der Waals surface area (Å²) in [4.78, 5) is 11.4. The van der Waals surface area contributed by atoms with E-state index in [9.17, 15) is 4.79 Å². The van der Waals surface area contributed by atoms with Gasteiger partial charge in [0, 0.05) is 20.1 Å². The highest BCUT2D eigenvalue weighted by Gasteiger charge is 2.39. The van der Waals surface area contributed by atoms with Crippen LogP contribution in [0.25, 0.3) is 0 Å². The molecule has 1 rings (SSSR count). The van der Waals surface area contributed by atoms with Gasteiger partial charge in [0.25, 0.3) is 0 Å². The number of carbonyl (C=O) groups excluding carboxylic acids is 1. The number of hydrogen-bond donors (Lipinski definition) is 0. The molecule has 1 fully saturated rings. The SMILES string of the molecule is COC(CC(=O)C1CC1C)OC. The third kappa shape index (κ3) is 2.29. The summed E-state index contributed by atoms with van der Waals surface area (Å²) in [6.45, 7) is 2.09. The predicted octanol–water partition coefficient (Wildman–Crippen LogP) is 1.22. The Bertz CT molecular complexity index is 163. The normalized spacial score (nSPS) is 27.7. The van der Waals surface area contributed by atoms with Crippen LogP contribution in [0, 0.1) is 11.8 Å². The maximum Gasteiger partial charge on any atom is 0.163 e. The van der Waals surface area contributed by atoms with E-state index in [1.807, 2.05) is 0 Å². The van der Waals surface area contributed by atoms with Crippen LogP contribution < -0.4 is 0 Å². The molecule has 0 heterocycles. The predicted molar refractivity (Wildman–Crippen MR) is 44.7 cm³/mol. The number of carbonyl (C=O) groups is 1. The smallest absolute Gasteiger partial charge is 0.163 e. The quantitative estimate of drug-likeness (QED) is 0.585. The molecule has 0 aromatic rings. The van der Waals surface area contributed by atoms with Gasteiger partial charge in [0.05, 0.1) is 6.42 Å². The Labute approximate surface area is 73.0 Å². The van der Waals surface area contributed by atoms with Gasteiger partial charge in [-0.15, -0.1) is 0 Å². The zero-order valence-corrected chi connectivity index (χ0v) is 7.87. The van der Waals surface area contributed by atoms with Crippen LogP contribution in [0.4, 0.5) is 0 Å². The van der Waals surface area contributed by atoms with Crippen molar-refractivity contribution in [2.24, 2.45) is 11.8 Å². The third-order valence-corrected chi connectivity index (χ3v) is 2.42. The van der Waals surface area contributed by atoms with E-state index < -0.39 is 0 Å². The van der Waals surface area contributed by atoms with Crippen molar-refractivity contribution < 1.29 is 14.3 Å². The standard InChI is InChI=1S/C9H16O3/c1-6-4-7(6)8(10)5-9(11-2)12-3/h6-7,9H,4-5H2,1-3H3. The fraction of sp³-hybridized carbons (Fsp3) is 0.889. The summed E-state index contributed by atoms with van der Waals surface area (Å²) in [7, 11) is 3.11. The van der Waals surface area contributed by atoms with Gasteiger partial charge in [-0.1, -0.05) is 6.92 Å². The lowest BCUT2D eigenvalue weighted by molar-refractivity contribution is -0.138. The van der Waals surface area contributed by atoms with Gasteiger partial charge in [0.2, 0.25) is 0 Å². The Morgan fingerprint density at radius 2 is 2.00 bits per heavy atom. The van der Waals surface area contributed by atoms with Gasteiger partial charge in [-0.25, -0.2) is 0 Å². The molecule has 0 spiro atoms. The molecule has 1 aliphatic rings. The summed E-state index contributed by atoms with van der Waals surface area (Å²) in [6.07, 6.45) is 1.08. The molecule has 1 aliphatic carbocycles. The van der Waals surface area contributed by atoms with Gasteiger partial charge in [-0.2, -0.15) is 0 Å². The first-order valence-corrected chi connectivity index (χ1v) is 4.27. The van der Waals surface area contributed by atoms with Crippen LogP contribution in [0.1, 0.15) is 19.8 Å². The number of rotatable bonds is 5. The maximum absolute atomic E-state index is 11.4. The number of ketones is 1. The average molecular weight is 172 g/mol. The molecule has 0 bridgehead atoms. The molecule has 2 atom stereocenters. The van der Waals surface area contributed by atoms with Crippen molar-refractivity contribution in [3.8, 4) is 0 Å². The second kappa shape index (κ2) is 4.01. The first-order chi connectivity index (χ1) is 5.69. The van der Waals surface area contributed by atoms with Crippen molar-refractivity contribution in [3.63, 3.8) is 0 Å². The van der Waals surface area contributed by atoms with Crippen molar-refractivity contribution in [1.29, 1.82) is 0 Å². The van der Waals surface area contributed by atoms with E-state index in [-0.39, 0.29) is 18.0 Å². The van der Waals surface area contributed by atoms with Crippen molar-refractivity contribution >= 4 is 5.78 Å². The van der Waals surface area contributed by atoms with Crippen molar-refractivity contribution in [3.05, 3.63) is 0 Å². The van der Waals surface area contributed by atoms with Crippen molar-refractivity contribution in [2.45, 2.75) is 26.1 Å². The van der Waals surface area contributed by atoms with Crippen LogP contribution in [0.3, 0.4) is 0 Å². The summed E-state index contributed by atoms with van der Waals surface area (Å²) in [6, 6.07) is 0. The minimum atomic E-state index is -0.356. The van der Waals surface area contributed by atoms with Crippen LogP contribution in [0.5, 0.6) is 0 Å². The summed E-state index contributed by atoms with van der Waals surface area (Å²) < 4.78 is 9.88. The maximum atomic E-state index is 11.4. The van der Waals surface area contributed by atoms with Gasteiger partial charge in [-0.05, 0) is 12.3 Å². The Hall–Kier alpha value is -0.410. The minimum Gasteiger partial charge on any atom is -0.355 e. The van der Waals surface area contributed by atoms with E-state index in [0.29, 0.717) is 12.3 Å². The molecule has 1 saturated carbocycles. The highest BCUT2D eigenvalue weighted by Crippen LogP contribution is 2.39. The van der Waals surface area contributed by atoms with Crippen LogP contribution in [0.2, 0.25) is 0 Å². The zero-order valence-electron chi connectivity index (χ0n) is 7.87. The molecular formula is C9H16O3. The van der Waals surface area contributed by atoms with E-state index in [1.165, 1.54) is 0 Å². The fourth-order valence-corrected chi connectivity index (χ4v) is 1.35. The van der Waals surface area contributed by atoms with Crippen LogP contribution in [0.15, 0.2) is 0 Å². The van der Waals surface area contributed by atoms with Gasteiger partial charge >= 0.3 is 0 Å². The Balaban J connectivity index is 2.25. The largest absolute Gasteiger partial charge is 0.355 e.